The Morgan fingerprint density at radius 3 is 2.46 bits per heavy atom. The molecule has 1 unspecified atom stereocenters. The molecule has 8 nitrogen and oxygen atoms in total. The van der Waals surface area contributed by atoms with Gasteiger partial charge in [0.15, 0.2) is 11.5 Å². The van der Waals surface area contributed by atoms with Crippen molar-refractivity contribution < 1.29 is 18.2 Å². The smallest absolute Gasteiger partial charge is 0.162 e. The monoisotopic (exact) mass is 397 g/mol. The summed E-state index contributed by atoms with van der Waals surface area (Å²) in [5, 5.41) is 0.889. The summed E-state index contributed by atoms with van der Waals surface area (Å²) in [5.74, 6) is 1.23. The Kier molecular flexibility index (Phi) is 4.95. The van der Waals surface area contributed by atoms with Crippen LogP contribution >= 0.6 is 0 Å². The Morgan fingerprint density at radius 1 is 1.07 bits per heavy atom. The van der Waals surface area contributed by atoms with Crippen molar-refractivity contribution in [1.29, 1.82) is 0 Å². The van der Waals surface area contributed by atoms with Crippen LogP contribution in [0.2, 0.25) is 0 Å². The fraction of sp³-hybridized carbons (Fsp3) is 0.158. The van der Waals surface area contributed by atoms with E-state index < -0.39 is 11.3 Å². The van der Waals surface area contributed by atoms with Gasteiger partial charge in [-0.2, -0.15) is 0 Å². The van der Waals surface area contributed by atoms with Gasteiger partial charge < -0.3 is 14.0 Å². The first kappa shape index (κ1) is 18.4. The first-order valence-electron chi connectivity index (χ1n) is 8.40. The molecule has 4 aromatic rings. The summed E-state index contributed by atoms with van der Waals surface area (Å²) in [7, 11) is 3.18. The first-order valence-corrected chi connectivity index (χ1v) is 9.48. The number of nitrogens with zero attached hydrogens (tertiary/aromatic N) is 3. The van der Waals surface area contributed by atoms with E-state index in [0.29, 0.717) is 11.5 Å². The second-order valence-corrected chi connectivity index (χ2v) is 6.81. The normalized spacial score (nSPS) is 12.4. The summed E-state index contributed by atoms with van der Waals surface area (Å²) in [5.41, 5.74) is 4.18. The van der Waals surface area contributed by atoms with E-state index in [1.54, 1.807) is 26.7 Å². The zero-order valence-corrected chi connectivity index (χ0v) is 16.0. The van der Waals surface area contributed by atoms with Crippen LogP contribution in [0.1, 0.15) is 5.56 Å². The molecule has 0 radical (unpaired) electrons. The Bertz CT molecular complexity index is 1170. The molecule has 144 valence electrons. The van der Waals surface area contributed by atoms with Crippen LogP contribution in [0.15, 0.2) is 48.9 Å². The number of nitrogens with one attached hydrogen (secondary N) is 1. The Labute approximate surface area is 163 Å². The molecular formula is C19H17N4O4S-. The van der Waals surface area contributed by atoms with E-state index in [-0.39, 0.29) is 6.54 Å². The number of benzene rings is 2. The van der Waals surface area contributed by atoms with Gasteiger partial charge in [-0.05, 0) is 23.8 Å². The summed E-state index contributed by atoms with van der Waals surface area (Å²) < 4.78 is 36.4. The fourth-order valence-corrected chi connectivity index (χ4v) is 3.42. The minimum absolute atomic E-state index is 0.241. The SMILES string of the molecule is COc1cc2ncc3ncn(-c4ccc(CNS(=O)[O-])cc4)c3c2cc1OC. The molecule has 0 aliphatic rings. The third-order valence-corrected chi connectivity index (χ3v) is 4.87. The average molecular weight is 397 g/mol. The maximum atomic E-state index is 10.6. The quantitative estimate of drug-likeness (QED) is 0.502. The zero-order valence-electron chi connectivity index (χ0n) is 15.2. The maximum Gasteiger partial charge on any atom is 0.162 e. The fourth-order valence-electron chi connectivity index (χ4n) is 3.13. The van der Waals surface area contributed by atoms with Crippen LogP contribution in [-0.4, -0.2) is 37.5 Å². The van der Waals surface area contributed by atoms with Crippen molar-refractivity contribution in [2.75, 3.05) is 14.2 Å². The molecule has 0 saturated heterocycles. The van der Waals surface area contributed by atoms with E-state index in [1.807, 2.05) is 41.0 Å². The highest BCUT2D eigenvalue weighted by Crippen LogP contribution is 2.35. The predicted molar refractivity (Wildman–Crippen MR) is 105 cm³/mol. The van der Waals surface area contributed by atoms with E-state index in [4.69, 9.17) is 9.47 Å². The van der Waals surface area contributed by atoms with Crippen molar-refractivity contribution >= 4 is 33.2 Å². The number of rotatable bonds is 6. The van der Waals surface area contributed by atoms with Crippen LogP contribution in [0.5, 0.6) is 11.5 Å². The van der Waals surface area contributed by atoms with Gasteiger partial charge in [-0.1, -0.05) is 12.1 Å². The Hall–Kier alpha value is -3.01. The van der Waals surface area contributed by atoms with E-state index in [9.17, 15) is 8.76 Å². The number of hydrogen-bond donors (Lipinski definition) is 1. The molecule has 0 spiro atoms. The molecule has 1 N–H and O–H groups in total. The van der Waals surface area contributed by atoms with Crippen molar-refractivity contribution in [3.8, 4) is 17.2 Å². The number of hydrogen-bond acceptors (Lipinski definition) is 6. The molecule has 0 bridgehead atoms. The molecule has 2 aromatic heterocycles. The molecule has 2 aromatic carbocycles. The molecule has 0 aliphatic carbocycles. The summed E-state index contributed by atoms with van der Waals surface area (Å²) in [6.45, 7) is 0.241. The number of fused-ring (bicyclic) bond motifs is 3. The van der Waals surface area contributed by atoms with Gasteiger partial charge in [0.2, 0.25) is 0 Å². The van der Waals surface area contributed by atoms with Gasteiger partial charge in [-0.15, -0.1) is 0 Å². The van der Waals surface area contributed by atoms with Gasteiger partial charge in [-0.25, -0.2) is 9.71 Å². The number of ether oxygens (including phenoxy) is 2. The van der Waals surface area contributed by atoms with E-state index >= 15 is 0 Å². The largest absolute Gasteiger partial charge is 0.760 e. The summed E-state index contributed by atoms with van der Waals surface area (Å²) in [6, 6.07) is 11.3. The molecule has 1 atom stereocenters. The van der Waals surface area contributed by atoms with E-state index in [1.165, 1.54) is 0 Å². The van der Waals surface area contributed by atoms with E-state index in [2.05, 4.69) is 14.7 Å². The topological polar surface area (TPSA) is 101 Å². The number of aromatic nitrogens is 3. The molecular weight excluding hydrogens is 380 g/mol. The molecule has 0 aliphatic heterocycles. The molecule has 28 heavy (non-hydrogen) atoms. The number of methoxy groups -OCH3 is 2. The molecule has 0 amide bonds. The minimum atomic E-state index is -2.29. The molecule has 2 heterocycles. The van der Waals surface area contributed by atoms with Crippen LogP contribution in [0.4, 0.5) is 0 Å². The van der Waals surface area contributed by atoms with Crippen LogP contribution in [-0.2, 0) is 17.8 Å². The Balaban J connectivity index is 1.83. The lowest BCUT2D eigenvalue weighted by atomic mass is 10.1. The standard InChI is InChI=1S/C19H18N4O4S/c1-26-17-7-14-15(8-18(17)27-2)20-10-16-19(14)23(11-21-16)13-5-3-12(4-6-13)9-22-28(24)25/h3-8,10-11,22H,9H2,1-2H3,(H,24,25)/p-1. The number of pyridine rings is 1. The lowest BCUT2D eigenvalue weighted by molar-refractivity contribution is 0.356. The van der Waals surface area contributed by atoms with Crippen molar-refractivity contribution in [3.05, 3.63) is 54.5 Å². The van der Waals surface area contributed by atoms with Crippen molar-refractivity contribution in [1.82, 2.24) is 19.3 Å². The third kappa shape index (κ3) is 3.31. The highest BCUT2D eigenvalue weighted by molar-refractivity contribution is 7.77. The van der Waals surface area contributed by atoms with Gasteiger partial charge in [0, 0.05) is 35.0 Å². The van der Waals surface area contributed by atoms with Gasteiger partial charge >= 0.3 is 0 Å². The molecule has 0 fully saturated rings. The van der Waals surface area contributed by atoms with E-state index in [0.717, 1.165) is 33.2 Å². The van der Waals surface area contributed by atoms with Crippen molar-refractivity contribution in [3.63, 3.8) is 0 Å². The second-order valence-electron chi connectivity index (χ2n) is 6.05. The first-order chi connectivity index (χ1) is 13.6. The predicted octanol–water partition coefficient (Wildman–Crippen LogP) is 2.47. The summed E-state index contributed by atoms with van der Waals surface area (Å²) >= 11 is -2.29. The maximum absolute atomic E-state index is 10.6. The van der Waals surface area contributed by atoms with Crippen molar-refractivity contribution in [2.24, 2.45) is 0 Å². The minimum Gasteiger partial charge on any atom is -0.760 e. The molecule has 9 heteroatoms. The highest BCUT2D eigenvalue weighted by Gasteiger charge is 2.14. The van der Waals surface area contributed by atoms with Crippen LogP contribution in [0.3, 0.4) is 0 Å². The number of imidazole rings is 1. The second kappa shape index (κ2) is 7.55. The molecule has 0 saturated carbocycles. The van der Waals surface area contributed by atoms with Gasteiger partial charge in [0.05, 0.1) is 31.4 Å². The van der Waals surface area contributed by atoms with Crippen LogP contribution in [0.25, 0.3) is 27.6 Å². The third-order valence-electron chi connectivity index (χ3n) is 4.49. The Morgan fingerprint density at radius 2 is 1.79 bits per heavy atom. The summed E-state index contributed by atoms with van der Waals surface area (Å²) in [4.78, 5) is 8.94. The highest BCUT2D eigenvalue weighted by atomic mass is 32.2. The summed E-state index contributed by atoms with van der Waals surface area (Å²) in [6.07, 6.45) is 3.46. The van der Waals surface area contributed by atoms with Gasteiger partial charge in [0.25, 0.3) is 0 Å². The van der Waals surface area contributed by atoms with Gasteiger partial charge in [0.1, 0.15) is 11.8 Å². The average Bonchev–Trinajstić information content (AvgIpc) is 3.16. The van der Waals surface area contributed by atoms with Crippen molar-refractivity contribution in [2.45, 2.75) is 6.54 Å². The zero-order chi connectivity index (χ0) is 19.7. The van der Waals surface area contributed by atoms with Crippen LogP contribution in [0, 0.1) is 0 Å². The van der Waals surface area contributed by atoms with Crippen LogP contribution < -0.4 is 14.2 Å². The lowest BCUT2D eigenvalue weighted by Crippen LogP contribution is -2.15. The lowest BCUT2D eigenvalue weighted by Gasteiger charge is -2.11. The molecule has 4 rings (SSSR count). The van der Waals surface area contributed by atoms with Gasteiger partial charge in [-0.3, -0.25) is 13.8 Å².